The monoisotopic (exact) mass is 382 g/mol. The van der Waals surface area contributed by atoms with Crippen LogP contribution in [0.1, 0.15) is 39.5 Å². The van der Waals surface area contributed by atoms with Crippen molar-refractivity contribution in [2.24, 2.45) is 11.8 Å². The van der Waals surface area contributed by atoms with Crippen LogP contribution in [-0.2, 0) is 14.8 Å². The van der Waals surface area contributed by atoms with Crippen molar-refractivity contribution < 1.29 is 17.9 Å². The van der Waals surface area contributed by atoms with E-state index in [-0.39, 0.29) is 22.6 Å². The minimum Gasteiger partial charge on any atom is -0.497 e. The third-order valence-corrected chi connectivity index (χ3v) is 6.97. The van der Waals surface area contributed by atoms with E-state index in [0.29, 0.717) is 38.2 Å². The summed E-state index contributed by atoms with van der Waals surface area (Å²) in [7, 11) is -1.97. The normalized spacial score (nSPS) is 21.3. The lowest BCUT2D eigenvalue weighted by atomic mass is 9.82. The first kappa shape index (κ1) is 20.7. The topological polar surface area (TPSA) is 75.7 Å². The molecule has 2 rings (SSSR count). The molecule has 0 saturated carbocycles. The van der Waals surface area contributed by atoms with Crippen molar-refractivity contribution in [3.8, 4) is 5.75 Å². The number of nitrogens with zero attached hydrogens (tertiary/aromatic N) is 1. The Morgan fingerprint density at radius 3 is 2.50 bits per heavy atom. The molecule has 1 aromatic carbocycles. The van der Waals surface area contributed by atoms with Gasteiger partial charge in [-0.2, -0.15) is 4.31 Å². The molecule has 0 aliphatic carbocycles. The lowest BCUT2D eigenvalue weighted by Gasteiger charge is -2.37. The highest BCUT2D eigenvalue weighted by molar-refractivity contribution is 7.89. The molecule has 1 fully saturated rings. The second kappa shape index (κ2) is 9.37. The predicted molar refractivity (Wildman–Crippen MR) is 102 cm³/mol. The Morgan fingerprint density at radius 1 is 1.23 bits per heavy atom. The summed E-state index contributed by atoms with van der Waals surface area (Å²) in [5, 5.41) is 2.92. The van der Waals surface area contributed by atoms with Crippen LogP contribution < -0.4 is 10.1 Å². The van der Waals surface area contributed by atoms with Crippen molar-refractivity contribution >= 4 is 15.9 Å². The van der Waals surface area contributed by atoms with Gasteiger partial charge < -0.3 is 10.1 Å². The van der Waals surface area contributed by atoms with E-state index in [1.807, 2.05) is 6.92 Å². The minimum absolute atomic E-state index is 0.0711. The number of rotatable bonds is 8. The van der Waals surface area contributed by atoms with Gasteiger partial charge in [-0.05, 0) is 48.9 Å². The van der Waals surface area contributed by atoms with Gasteiger partial charge >= 0.3 is 0 Å². The third kappa shape index (κ3) is 4.98. The molecular weight excluding hydrogens is 352 g/mol. The molecule has 1 aliphatic heterocycles. The van der Waals surface area contributed by atoms with Gasteiger partial charge in [0, 0.05) is 26.1 Å². The van der Waals surface area contributed by atoms with Crippen LogP contribution in [-0.4, -0.2) is 45.4 Å². The first-order valence-electron chi connectivity index (χ1n) is 9.33. The molecule has 2 unspecified atom stereocenters. The van der Waals surface area contributed by atoms with E-state index in [2.05, 4.69) is 12.2 Å². The number of amides is 1. The summed E-state index contributed by atoms with van der Waals surface area (Å²) in [6, 6.07) is 6.49. The average molecular weight is 383 g/mol. The number of carbonyl (C=O) groups excluding carboxylic acids is 1. The summed E-state index contributed by atoms with van der Waals surface area (Å²) in [6.07, 6.45) is 2.98. The average Bonchev–Trinajstić information content (AvgIpc) is 2.66. The molecule has 1 amide bonds. The Balaban J connectivity index is 2.05. The van der Waals surface area contributed by atoms with Gasteiger partial charge in [-0.15, -0.1) is 0 Å². The van der Waals surface area contributed by atoms with Crippen molar-refractivity contribution in [3.63, 3.8) is 0 Å². The van der Waals surface area contributed by atoms with Gasteiger partial charge in [-0.1, -0.05) is 20.3 Å². The fourth-order valence-electron chi connectivity index (χ4n) is 3.47. The largest absolute Gasteiger partial charge is 0.497 e. The highest BCUT2D eigenvalue weighted by Crippen LogP contribution is 2.32. The zero-order valence-corrected chi connectivity index (χ0v) is 16.7. The SMILES string of the molecule is CCCNC(=O)CC1CCN(S(=O)(=O)c2ccc(OC)cc2)CC1CC. The molecular formula is C19H30N2O4S. The Hall–Kier alpha value is -1.60. The highest BCUT2D eigenvalue weighted by Gasteiger charge is 2.35. The highest BCUT2D eigenvalue weighted by atomic mass is 32.2. The van der Waals surface area contributed by atoms with E-state index >= 15 is 0 Å². The standard InChI is InChI=1S/C19H30N2O4S/c1-4-11-20-19(22)13-16-10-12-21(14-15(16)5-2)26(23,24)18-8-6-17(25-3)7-9-18/h6-9,15-16H,4-5,10-14H2,1-3H3,(H,20,22). The first-order chi connectivity index (χ1) is 12.4. The summed E-state index contributed by atoms with van der Waals surface area (Å²) >= 11 is 0. The fraction of sp³-hybridized carbons (Fsp3) is 0.632. The summed E-state index contributed by atoms with van der Waals surface area (Å²) in [5.74, 6) is 1.14. The zero-order chi connectivity index (χ0) is 19.2. The van der Waals surface area contributed by atoms with Gasteiger partial charge in [0.1, 0.15) is 5.75 Å². The second-order valence-electron chi connectivity index (χ2n) is 6.81. The Morgan fingerprint density at radius 2 is 1.92 bits per heavy atom. The molecule has 1 heterocycles. The summed E-state index contributed by atoms with van der Waals surface area (Å²) < 4.78 is 32.5. The predicted octanol–water partition coefficient (Wildman–Crippen LogP) is 2.65. The maximum Gasteiger partial charge on any atom is 0.243 e. The van der Waals surface area contributed by atoms with Crippen molar-refractivity contribution in [3.05, 3.63) is 24.3 Å². The van der Waals surface area contributed by atoms with Crippen LogP contribution in [0.15, 0.2) is 29.2 Å². The van der Waals surface area contributed by atoms with Gasteiger partial charge in [0.05, 0.1) is 12.0 Å². The molecule has 7 heteroatoms. The quantitative estimate of drug-likeness (QED) is 0.750. The summed E-state index contributed by atoms with van der Waals surface area (Å²) in [4.78, 5) is 12.3. The van der Waals surface area contributed by atoms with Crippen LogP contribution in [0.5, 0.6) is 5.75 Å². The maximum absolute atomic E-state index is 12.9. The number of hydrogen-bond donors (Lipinski definition) is 1. The maximum atomic E-state index is 12.9. The lowest BCUT2D eigenvalue weighted by molar-refractivity contribution is -0.122. The Bertz CT molecular complexity index is 688. The van der Waals surface area contributed by atoms with Gasteiger partial charge in [0.15, 0.2) is 0 Å². The molecule has 2 atom stereocenters. The van der Waals surface area contributed by atoms with Gasteiger partial charge in [0.2, 0.25) is 15.9 Å². The number of nitrogens with one attached hydrogen (secondary N) is 1. The molecule has 0 spiro atoms. The number of benzene rings is 1. The fourth-order valence-corrected chi connectivity index (χ4v) is 4.98. The van der Waals surface area contributed by atoms with E-state index in [1.165, 1.54) is 0 Å². The Kier molecular flexibility index (Phi) is 7.46. The molecule has 6 nitrogen and oxygen atoms in total. The molecule has 1 aliphatic rings. The van der Waals surface area contributed by atoms with Crippen LogP contribution >= 0.6 is 0 Å². The van der Waals surface area contributed by atoms with E-state index in [0.717, 1.165) is 12.8 Å². The number of sulfonamides is 1. The van der Waals surface area contributed by atoms with E-state index < -0.39 is 10.0 Å². The van der Waals surface area contributed by atoms with Gasteiger partial charge in [-0.3, -0.25) is 4.79 Å². The molecule has 26 heavy (non-hydrogen) atoms. The molecule has 0 radical (unpaired) electrons. The van der Waals surface area contributed by atoms with Crippen LogP contribution in [0.25, 0.3) is 0 Å². The van der Waals surface area contributed by atoms with Crippen LogP contribution in [0.2, 0.25) is 0 Å². The van der Waals surface area contributed by atoms with E-state index in [9.17, 15) is 13.2 Å². The third-order valence-electron chi connectivity index (χ3n) is 5.10. The minimum atomic E-state index is -3.52. The smallest absolute Gasteiger partial charge is 0.243 e. The molecule has 0 bridgehead atoms. The van der Waals surface area contributed by atoms with Crippen LogP contribution in [0.4, 0.5) is 0 Å². The van der Waals surface area contributed by atoms with Crippen LogP contribution in [0.3, 0.4) is 0 Å². The lowest BCUT2D eigenvalue weighted by Crippen LogP contribution is -2.44. The van der Waals surface area contributed by atoms with E-state index in [1.54, 1.807) is 35.7 Å². The first-order valence-corrected chi connectivity index (χ1v) is 10.8. The van der Waals surface area contributed by atoms with Crippen molar-refractivity contribution in [2.45, 2.75) is 44.4 Å². The van der Waals surface area contributed by atoms with E-state index in [4.69, 9.17) is 4.74 Å². The number of methoxy groups -OCH3 is 1. The summed E-state index contributed by atoms with van der Waals surface area (Å²) in [6.45, 7) is 5.70. The molecule has 0 aromatic heterocycles. The number of ether oxygens (including phenoxy) is 1. The van der Waals surface area contributed by atoms with Crippen molar-refractivity contribution in [2.75, 3.05) is 26.7 Å². The van der Waals surface area contributed by atoms with Gasteiger partial charge in [-0.25, -0.2) is 8.42 Å². The number of hydrogen-bond acceptors (Lipinski definition) is 4. The summed E-state index contributed by atoms with van der Waals surface area (Å²) in [5.41, 5.74) is 0. The molecule has 146 valence electrons. The zero-order valence-electron chi connectivity index (χ0n) is 15.9. The molecule has 1 saturated heterocycles. The Labute approximate surface area is 157 Å². The van der Waals surface area contributed by atoms with Crippen molar-refractivity contribution in [1.29, 1.82) is 0 Å². The number of carbonyl (C=O) groups is 1. The molecule has 1 N–H and O–H groups in total. The van der Waals surface area contributed by atoms with Crippen molar-refractivity contribution in [1.82, 2.24) is 9.62 Å². The van der Waals surface area contributed by atoms with Crippen LogP contribution in [0, 0.1) is 11.8 Å². The second-order valence-corrected chi connectivity index (χ2v) is 8.75. The number of piperidine rings is 1. The van der Waals surface area contributed by atoms with Gasteiger partial charge in [0.25, 0.3) is 0 Å². The molecule has 1 aromatic rings.